The molecule has 8 heteroatoms. The Morgan fingerprint density at radius 1 is 1.06 bits per heavy atom. The van der Waals surface area contributed by atoms with Crippen LogP contribution >= 0.6 is 0 Å². The van der Waals surface area contributed by atoms with Crippen molar-refractivity contribution in [3.8, 4) is 0 Å². The first kappa shape index (κ1) is 24.7. The second-order valence-electron chi connectivity index (χ2n) is 8.39. The van der Waals surface area contributed by atoms with Crippen molar-refractivity contribution in [2.75, 3.05) is 31.6 Å². The fourth-order valence-corrected chi connectivity index (χ4v) is 5.67. The highest BCUT2D eigenvalue weighted by molar-refractivity contribution is 7.89. The van der Waals surface area contributed by atoms with E-state index in [-0.39, 0.29) is 21.7 Å². The number of rotatable bonds is 8. The number of fused-ring (bicyclic) bond motifs is 1. The molecule has 0 radical (unpaired) electrons. The number of nitrogens with zero attached hydrogens (tertiary/aromatic N) is 2. The molecule has 1 aliphatic rings. The van der Waals surface area contributed by atoms with E-state index in [1.165, 1.54) is 34.6 Å². The topological polar surface area (TPSA) is 84.0 Å². The smallest absolute Gasteiger partial charge is 0.338 e. The Kier molecular flexibility index (Phi) is 7.09. The number of ether oxygens (including phenoxy) is 1. The lowest BCUT2D eigenvalue weighted by Gasteiger charge is -2.23. The maximum Gasteiger partial charge on any atom is 0.338 e. The number of hydrogen-bond acceptors (Lipinski definition) is 6. The monoisotopic (exact) mass is 470 g/mol. The number of benzene rings is 2. The van der Waals surface area contributed by atoms with Gasteiger partial charge >= 0.3 is 5.97 Å². The van der Waals surface area contributed by atoms with Gasteiger partial charge in [-0.15, -0.1) is 0 Å². The minimum Gasteiger partial charge on any atom is -0.454 e. The molecule has 1 aliphatic heterocycles. The van der Waals surface area contributed by atoms with Gasteiger partial charge in [0.05, 0.1) is 10.5 Å². The second-order valence-corrected chi connectivity index (χ2v) is 10.3. The van der Waals surface area contributed by atoms with Gasteiger partial charge in [0.2, 0.25) is 10.0 Å². The number of ketones is 1. The lowest BCUT2D eigenvalue weighted by molar-refractivity contribution is -0.117. The summed E-state index contributed by atoms with van der Waals surface area (Å²) in [6, 6.07) is 13.6. The van der Waals surface area contributed by atoms with Crippen molar-refractivity contribution >= 4 is 27.5 Å². The summed E-state index contributed by atoms with van der Waals surface area (Å²) >= 11 is 0. The van der Waals surface area contributed by atoms with Crippen LogP contribution < -0.4 is 4.90 Å². The Balaban J connectivity index is 1.73. The number of para-hydroxylation sites is 1. The van der Waals surface area contributed by atoms with E-state index in [1.807, 2.05) is 50.1 Å². The van der Waals surface area contributed by atoms with Crippen molar-refractivity contribution < 1.29 is 22.7 Å². The number of sulfonamides is 1. The normalized spacial score (nSPS) is 16.2. The van der Waals surface area contributed by atoms with Crippen LogP contribution in [0.15, 0.2) is 65.2 Å². The van der Waals surface area contributed by atoms with Crippen molar-refractivity contribution in [1.29, 1.82) is 0 Å². The molecule has 0 aromatic heterocycles. The Bertz CT molecular complexity index is 1200. The number of allylic oxidation sites excluding steroid dienone is 1. The first-order valence-corrected chi connectivity index (χ1v) is 12.3. The average Bonchev–Trinajstić information content (AvgIpc) is 2.99. The predicted molar refractivity (Wildman–Crippen MR) is 128 cm³/mol. The van der Waals surface area contributed by atoms with Gasteiger partial charge in [-0.05, 0) is 29.8 Å². The van der Waals surface area contributed by atoms with Crippen molar-refractivity contribution in [3.05, 3.63) is 71.4 Å². The van der Waals surface area contributed by atoms with E-state index in [0.717, 1.165) is 16.9 Å². The third kappa shape index (κ3) is 4.72. The molecule has 0 fully saturated rings. The van der Waals surface area contributed by atoms with Crippen LogP contribution in [0, 0.1) is 0 Å². The van der Waals surface area contributed by atoms with Crippen molar-refractivity contribution in [3.63, 3.8) is 0 Å². The largest absolute Gasteiger partial charge is 0.454 e. The molecule has 2 aromatic carbocycles. The number of hydrogen-bond donors (Lipinski definition) is 0. The quantitative estimate of drug-likeness (QED) is 0.432. The van der Waals surface area contributed by atoms with E-state index in [4.69, 9.17) is 4.74 Å². The summed E-state index contributed by atoms with van der Waals surface area (Å²) in [4.78, 5) is 27.1. The lowest BCUT2D eigenvalue weighted by Crippen LogP contribution is -2.30. The molecule has 0 atom stereocenters. The molecule has 0 N–H and O–H groups in total. The number of carbonyl (C=O) groups is 2. The minimum atomic E-state index is -3.71. The van der Waals surface area contributed by atoms with Gasteiger partial charge < -0.3 is 9.64 Å². The van der Waals surface area contributed by atoms with E-state index in [0.29, 0.717) is 13.1 Å². The number of likely N-dealkylation sites (N-methyl/N-ethyl adjacent to an activating group) is 1. The van der Waals surface area contributed by atoms with Crippen molar-refractivity contribution in [1.82, 2.24) is 4.31 Å². The summed E-state index contributed by atoms with van der Waals surface area (Å²) in [5.41, 5.74) is 2.68. The molecule has 1 heterocycles. The van der Waals surface area contributed by atoms with E-state index in [1.54, 1.807) is 13.8 Å². The molecular formula is C25H30N2O5S. The van der Waals surface area contributed by atoms with Gasteiger partial charge in [-0.1, -0.05) is 52.0 Å². The highest BCUT2D eigenvalue weighted by atomic mass is 32.2. The van der Waals surface area contributed by atoms with Crippen molar-refractivity contribution in [2.24, 2.45) is 0 Å². The summed E-state index contributed by atoms with van der Waals surface area (Å²) in [5.74, 6) is -1.10. The third-order valence-corrected chi connectivity index (χ3v) is 8.04. The minimum absolute atomic E-state index is 0.0150. The Hall–Kier alpha value is -2.97. The van der Waals surface area contributed by atoms with Crippen LogP contribution in [0.3, 0.4) is 0 Å². The molecular weight excluding hydrogens is 440 g/mol. The van der Waals surface area contributed by atoms with Crippen LogP contribution in [0.4, 0.5) is 5.69 Å². The highest BCUT2D eigenvalue weighted by Gasteiger charge is 2.38. The fourth-order valence-electron chi connectivity index (χ4n) is 4.17. The van der Waals surface area contributed by atoms with Crippen LogP contribution in [0.2, 0.25) is 0 Å². The summed E-state index contributed by atoms with van der Waals surface area (Å²) in [7, 11) is -1.80. The molecule has 2 aromatic rings. The van der Waals surface area contributed by atoms with Gasteiger partial charge in [-0.2, -0.15) is 4.31 Å². The molecule has 0 saturated carbocycles. The maximum absolute atomic E-state index is 12.7. The van der Waals surface area contributed by atoms with Crippen LogP contribution in [0.25, 0.3) is 0 Å². The number of anilines is 1. The molecule has 3 rings (SSSR count). The van der Waals surface area contributed by atoms with Gasteiger partial charge in [-0.25, -0.2) is 13.2 Å². The molecule has 0 amide bonds. The van der Waals surface area contributed by atoms with Crippen LogP contribution in [-0.2, 0) is 25.0 Å². The maximum atomic E-state index is 12.7. The summed E-state index contributed by atoms with van der Waals surface area (Å²) in [5, 5.41) is 0. The Morgan fingerprint density at radius 2 is 1.73 bits per heavy atom. The van der Waals surface area contributed by atoms with E-state index >= 15 is 0 Å². The van der Waals surface area contributed by atoms with Gasteiger partial charge in [0, 0.05) is 43.0 Å². The molecule has 0 spiro atoms. The first-order chi connectivity index (χ1) is 15.5. The fraction of sp³-hybridized carbons (Fsp3) is 0.360. The lowest BCUT2D eigenvalue weighted by atomic mass is 9.83. The zero-order chi connectivity index (χ0) is 24.4. The Labute approximate surface area is 195 Å². The van der Waals surface area contributed by atoms with Crippen molar-refractivity contribution in [2.45, 2.75) is 38.0 Å². The highest BCUT2D eigenvalue weighted by Crippen LogP contribution is 2.46. The number of carbonyl (C=O) groups excluding carboxylic acids is 2. The summed E-state index contributed by atoms with van der Waals surface area (Å²) in [6.45, 7) is 7.80. The van der Waals surface area contributed by atoms with Gasteiger partial charge in [0.15, 0.2) is 12.4 Å². The molecule has 0 aliphatic carbocycles. The van der Waals surface area contributed by atoms with E-state index < -0.39 is 22.6 Å². The molecule has 0 bridgehead atoms. The van der Waals surface area contributed by atoms with E-state index in [2.05, 4.69) is 0 Å². The Morgan fingerprint density at radius 3 is 2.36 bits per heavy atom. The van der Waals surface area contributed by atoms with Gasteiger partial charge in [0.25, 0.3) is 0 Å². The van der Waals surface area contributed by atoms with E-state index in [9.17, 15) is 18.0 Å². The standard InChI is InChI=1S/C25H30N2O5S/c1-6-27(7-2)33(30,31)20-12-10-11-18(15-20)24(29)32-17-19(28)16-23-25(3,4)21-13-8-9-14-22(21)26(23)5/h8-16H,6-7,17H2,1-5H3. The zero-order valence-electron chi connectivity index (χ0n) is 19.7. The van der Waals surface area contributed by atoms with Crippen LogP contribution in [0.1, 0.15) is 43.6 Å². The van der Waals surface area contributed by atoms with Gasteiger partial charge in [0.1, 0.15) is 0 Å². The SMILES string of the molecule is CCN(CC)S(=O)(=O)c1cccc(C(=O)OCC(=O)C=C2N(C)c3ccccc3C2(C)C)c1. The number of esters is 1. The van der Waals surface area contributed by atoms with Gasteiger partial charge in [-0.3, -0.25) is 4.79 Å². The van der Waals surface area contributed by atoms with Crippen LogP contribution in [-0.4, -0.2) is 51.2 Å². The predicted octanol–water partition coefficient (Wildman–Crippen LogP) is 3.75. The molecule has 33 heavy (non-hydrogen) atoms. The summed E-state index contributed by atoms with van der Waals surface area (Å²) < 4.78 is 32.0. The molecule has 0 unspecified atom stereocenters. The van der Waals surface area contributed by atoms with Crippen LogP contribution in [0.5, 0.6) is 0 Å². The molecule has 176 valence electrons. The average molecular weight is 471 g/mol. The first-order valence-electron chi connectivity index (χ1n) is 10.9. The zero-order valence-corrected chi connectivity index (χ0v) is 20.5. The summed E-state index contributed by atoms with van der Waals surface area (Å²) in [6.07, 6.45) is 1.51. The molecule has 0 saturated heterocycles. The second kappa shape index (κ2) is 9.49. The third-order valence-electron chi connectivity index (χ3n) is 6.00. The molecule has 7 nitrogen and oxygen atoms in total.